The molecule has 0 aliphatic heterocycles. The number of aryl methyl sites for hydroxylation is 1. The van der Waals surface area contributed by atoms with Gasteiger partial charge in [0.2, 0.25) is 0 Å². The minimum absolute atomic E-state index is 0.155. The largest absolute Gasteiger partial charge is 0.392 e. The van der Waals surface area contributed by atoms with Crippen LogP contribution in [0.2, 0.25) is 0 Å². The second-order valence-electron chi connectivity index (χ2n) is 4.80. The van der Waals surface area contributed by atoms with E-state index in [2.05, 4.69) is 31.3 Å². The van der Waals surface area contributed by atoms with E-state index in [0.717, 1.165) is 12.8 Å². The molecule has 0 radical (unpaired) electrons. The third-order valence-corrected chi connectivity index (χ3v) is 4.56. The molecule has 2 N–H and O–H groups in total. The van der Waals surface area contributed by atoms with E-state index in [1.54, 1.807) is 0 Å². The molecule has 0 aromatic carbocycles. The fourth-order valence-electron chi connectivity index (χ4n) is 2.40. The van der Waals surface area contributed by atoms with Crippen LogP contribution >= 0.6 is 11.3 Å². The van der Waals surface area contributed by atoms with Crippen LogP contribution in [0.25, 0.3) is 0 Å². The third-order valence-electron chi connectivity index (χ3n) is 3.38. The van der Waals surface area contributed by atoms with Gasteiger partial charge in [0, 0.05) is 21.8 Å². The van der Waals surface area contributed by atoms with Gasteiger partial charge in [0.25, 0.3) is 0 Å². The van der Waals surface area contributed by atoms with Gasteiger partial charge in [-0.25, -0.2) is 0 Å². The van der Waals surface area contributed by atoms with Crippen molar-refractivity contribution in [3.63, 3.8) is 0 Å². The predicted octanol–water partition coefficient (Wildman–Crippen LogP) is 3.01. The lowest BCUT2D eigenvalue weighted by atomic mass is 9.92. The summed E-state index contributed by atoms with van der Waals surface area (Å²) >= 11 is 1.84. The summed E-state index contributed by atoms with van der Waals surface area (Å²) in [6.07, 6.45) is 4.32. The summed E-state index contributed by atoms with van der Waals surface area (Å²) in [7, 11) is 0. The Morgan fingerprint density at radius 2 is 2.12 bits per heavy atom. The summed E-state index contributed by atoms with van der Waals surface area (Å²) in [5.74, 6) is 0. The third kappa shape index (κ3) is 2.84. The van der Waals surface area contributed by atoms with E-state index < -0.39 is 0 Å². The van der Waals surface area contributed by atoms with Crippen molar-refractivity contribution in [2.24, 2.45) is 0 Å². The summed E-state index contributed by atoms with van der Waals surface area (Å²) in [5.41, 5.74) is 0. The van der Waals surface area contributed by atoms with Gasteiger partial charge < -0.3 is 10.4 Å². The van der Waals surface area contributed by atoms with Crippen LogP contribution in [0.5, 0.6) is 0 Å². The molecule has 0 amide bonds. The number of thiophene rings is 1. The topological polar surface area (TPSA) is 32.3 Å². The van der Waals surface area contributed by atoms with Crippen molar-refractivity contribution in [3.8, 4) is 0 Å². The van der Waals surface area contributed by atoms with E-state index in [0.29, 0.717) is 6.04 Å². The van der Waals surface area contributed by atoms with E-state index in [1.807, 2.05) is 11.3 Å². The second-order valence-corrected chi connectivity index (χ2v) is 6.11. The number of nitrogens with one attached hydrogen (secondary N) is 1. The number of aliphatic hydroxyl groups excluding tert-OH is 1. The molecular formula is C13H21NOS. The van der Waals surface area contributed by atoms with Gasteiger partial charge in [0.1, 0.15) is 0 Å². The number of aliphatic hydroxyl groups is 1. The molecule has 1 aromatic rings. The monoisotopic (exact) mass is 239 g/mol. The van der Waals surface area contributed by atoms with Crippen molar-refractivity contribution in [2.75, 3.05) is 0 Å². The minimum atomic E-state index is -0.155. The lowest BCUT2D eigenvalue weighted by Gasteiger charge is -2.30. The highest BCUT2D eigenvalue weighted by molar-refractivity contribution is 7.12. The summed E-state index contributed by atoms with van der Waals surface area (Å²) in [6.45, 7) is 4.32. The summed E-state index contributed by atoms with van der Waals surface area (Å²) in [5, 5.41) is 13.5. The molecule has 0 spiro atoms. The second kappa shape index (κ2) is 5.30. The van der Waals surface area contributed by atoms with Crippen molar-refractivity contribution in [1.29, 1.82) is 0 Å². The van der Waals surface area contributed by atoms with E-state index in [4.69, 9.17) is 0 Å². The van der Waals surface area contributed by atoms with Crippen LogP contribution in [-0.4, -0.2) is 17.3 Å². The van der Waals surface area contributed by atoms with Gasteiger partial charge >= 0.3 is 0 Å². The molecular weight excluding hydrogens is 218 g/mol. The smallest absolute Gasteiger partial charge is 0.0693 e. The fraction of sp³-hybridized carbons (Fsp3) is 0.692. The molecule has 3 atom stereocenters. The molecule has 1 aliphatic carbocycles. The van der Waals surface area contributed by atoms with Crippen LogP contribution in [-0.2, 0) is 0 Å². The van der Waals surface area contributed by atoms with Crippen LogP contribution in [0, 0.1) is 6.92 Å². The first kappa shape index (κ1) is 12.1. The van der Waals surface area contributed by atoms with Gasteiger partial charge in [-0.3, -0.25) is 0 Å². The highest BCUT2D eigenvalue weighted by Gasteiger charge is 2.24. The first-order valence-corrected chi connectivity index (χ1v) is 6.99. The molecule has 3 unspecified atom stereocenters. The zero-order valence-corrected chi connectivity index (χ0v) is 10.9. The Hall–Kier alpha value is -0.380. The van der Waals surface area contributed by atoms with Crippen molar-refractivity contribution >= 4 is 11.3 Å². The fourth-order valence-corrected chi connectivity index (χ4v) is 3.28. The first-order chi connectivity index (χ1) is 7.66. The molecule has 1 heterocycles. The first-order valence-electron chi connectivity index (χ1n) is 6.17. The molecule has 2 nitrogen and oxygen atoms in total. The zero-order chi connectivity index (χ0) is 11.5. The van der Waals surface area contributed by atoms with Crippen LogP contribution in [0.4, 0.5) is 0 Å². The van der Waals surface area contributed by atoms with Crippen LogP contribution in [0.3, 0.4) is 0 Å². The molecule has 0 saturated heterocycles. The van der Waals surface area contributed by atoms with E-state index in [-0.39, 0.29) is 12.1 Å². The maximum absolute atomic E-state index is 9.91. The highest BCUT2D eigenvalue weighted by Crippen LogP contribution is 2.25. The standard InChI is InChI=1S/C13H21NOS/c1-9-7-8-13(16-9)10(2)14-11-5-3-4-6-12(11)15/h7-8,10-12,14-15H,3-6H2,1-2H3. The zero-order valence-electron chi connectivity index (χ0n) is 10.1. The summed E-state index contributed by atoms with van der Waals surface area (Å²) < 4.78 is 0. The van der Waals surface area contributed by atoms with Crippen molar-refractivity contribution in [3.05, 3.63) is 21.9 Å². The van der Waals surface area contributed by atoms with Gasteiger partial charge in [-0.15, -0.1) is 11.3 Å². The van der Waals surface area contributed by atoms with E-state index >= 15 is 0 Å². The van der Waals surface area contributed by atoms with Crippen LogP contribution < -0.4 is 5.32 Å². The van der Waals surface area contributed by atoms with Crippen LogP contribution in [0.1, 0.15) is 48.4 Å². The Bertz CT molecular complexity index is 336. The van der Waals surface area contributed by atoms with Gasteiger partial charge in [-0.05, 0) is 38.8 Å². The quantitative estimate of drug-likeness (QED) is 0.850. The van der Waals surface area contributed by atoms with Gasteiger partial charge in [-0.1, -0.05) is 12.8 Å². The average Bonchev–Trinajstić information content (AvgIpc) is 2.68. The molecule has 1 saturated carbocycles. The predicted molar refractivity (Wildman–Crippen MR) is 68.9 cm³/mol. The molecule has 1 fully saturated rings. The van der Waals surface area contributed by atoms with Crippen LogP contribution in [0.15, 0.2) is 12.1 Å². The maximum Gasteiger partial charge on any atom is 0.0693 e. The summed E-state index contributed by atoms with van der Waals surface area (Å²) in [6, 6.07) is 4.99. The lowest BCUT2D eigenvalue weighted by molar-refractivity contribution is 0.0862. The SMILES string of the molecule is Cc1ccc(C(C)NC2CCCCC2O)s1. The van der Waals surface area contributed by atoms with Gasteiger partial charge in [0.05, 0.1) is 6.10 Å². The number of rotatable bonds is 3. The van der Waals surface area contributed by atoms with Crippen molar-refractivity contribution < 1.29 is 5.11 Å². The Morgan fingerprint density at radius 1 is 1.38 bits per heavy atom. The molecule has 1 aliphatic rings. The minimum Gasteiger partial charge on any atom is -0.392 e. The van der Waals surface area contributed by atoms with Gasteiger partial charge in [-0.2, -0.15) is 0 Å². The molecule has 16 heavy (non-hydrogen) atoms. The molecule has 2 rings (SSSR count). The van der Waals surface area contributed by atoms with Crippen molar-refractivity contribution in [2.45, 2.75) is 57.7 Å². The Balaban J connectivity index is 1.93. The molecule has 0 bridgehead atoms. The highest BCUT2D eigenvalue weighted by atomic mass is 32.1. The Labute approximate surface area is 102 Å². The maximum atomic E-state index is 9.91. The number of hydrogen-bond donors (Lipinski definition) is 2. The average molecular weight is 239 g/mol. The lowest BCUT2D eigenvalue weighted by Crippen LogP contribution is -2.42. The van der Waals surface area contributed by atoms with Gasteiger partial charge in [0.15, 0.2) is 0 Å². The van der Waals surface area contributed by atoms with E-state index in [9.17, 15) is 5.11 Å². The number of hydrogen-bond acceptors (Lipinski definition) is 3. The Kier molecular flexibility index (Phi) is 4.00. The van der Waals surface area contributed by atoms with E-state index in [1.165, 1.54) is 22.6 Å². The molecule has 1 aromatic heterocycles. The molecule has 3 heteroatoms. The summed E-state index contributed by atoms with van der Waals surface area (Å²) in [4.78, 5) is 2.73. The van der Waals surface area contributed by atoms with Crippen molar-refractivity contribution in [1.82, 2.24) is 5.32 Å². The molecule has 90 valence electrons. The Morgan fingerprint density at radius 3 is 2.75 bits per heavy atom. The normalized spacial score (nSPS) is 27.9.